The number of thiazole rings is 1. The predicted molar refractivity (Wildman–Crippen MR) is 135 cm³/mol. The maximum absolute atomic E-state index is 14.8. The van der Waals surface area contributed by atoms with Crippen molar-refractivity contribution >= 4 is 34.2 Å². The van der Waals surface area contributed by atoms with Gasteiger partial charge in [0.25, 0.3) is 0 Å². The van der Waals surface area contributed by atoms with Gasteiger partial charge in [-0.3, -0.25) is 0 Å². The van der Waals surface area contributed by atoms with Crippen LogP contribution in [0.2, 0.25) is 0 Å². The first-order valence-corrected chi connectivity index (χ1v) is 12.4. The number of anilines is 3. The molecule has 3 heterocycles. The van der Waals surface area contributed by atoms with E-state index >= 15 is 0 Å². The molecule has 9 heteroatoms. The molecular formula is C25H29FN6OS. The number of allylic oxidation sites excluding steroid dienone is 1. The highest BCUT2D eigenvalue weighted by Crippen LogP contribution is 2.34. The van der Waals surface area contributed by atoms with Gasteiger partial charge in [-0.2, -0.15) is 9.97 Å². The molecule has 7 nitrogen and oxygen atoms in total. The summed E-state index contributed by atoms with van der Waals surface area (Å²) >= 11 is 1.59. The first-order chi connectivity index (χ1) is 16.3. The van der Waals surface area contributed by atoms with Gasteiger partial charge in [-0.15, -0.1) is 11.3 Å². The Labute approximate surface area is 203 Å². The number of rotatable bonds is 6. The maximum atomic E-state index is 14.8. The number of halogens is 1. The third-order valence-electron chi connectivity index (χ3n) is 6.11. The summed E-state index contributed by atoms with van der Waals surface area (Å²) in [5, 5.41) is 4.04. The zero-order chi connectivity index (χ0) is 23.8. The van der Waals surface area contributed by atoms with E-state index in [4.69, 9.17) is 4.74 Å². The number of nitrogens with one attached hydrogen (secondary N) is 1. The van der Waals surface area contributed by atoms with Crippen LogP contribution in [0.4, 0.5) is 21.2 Å². The molecule has 1 aliphatic carbocycles. The Morgan fingerprint density at radius 3 is 2.65 bits per heavy atom. The quantitative estimate of drug-likeness (QED) is 0.504. The standard InChI is InChI=1S/C25H29FN6OS/c1-15(2)21-14-27-25(34-21)29-22-13-23(32-7-5-31(4)6-8-32)30-24(28-22)33-20-12-18-10-16(3)9-17(18)11-19(20)26/h10-15H,5-9H2,1-4H3,(H,27,28,29,30). The number of aromatic nitrogens is 3. The second kappa shape index (κ2) is 9.31. The van der Waals surface area contributed by atoms with Crippen molar-refractivity contribution in [1.82, 2.24) is 19.9 Å². The summed E-state index contributed by atoms with van der Waals surface area (Å²) in [6.45, 7) is 9.90. The summed E-state index contributed by atoms with van der Waals surface area (Å²) in [5.74, 6) is 1.44. The molecule has 1 aliphatic heterocycles. The zero-order valence-electron chi connectivity index (χ0n) is 19.9. The van der Waals surface area contributed by atoms with E-state index in [1.54, 1.807) is 23.5 Å². The number of ether oxygens (including phenoxy) is 1. The van der Waals surface area contributed by atoms with Crippen molar-refractivity contribution < 1.29 is 9.13 Å². The summed E-state index contributed by atoms with van der Waals surface area (Å²) in [5.41, 5.74) is 3.16. The lowest BCUT2D eigenvalue weighted by Gasteiger charge is -2.33. The lowest BCUT2D eigenvalue weighted by Crippen LogP contribution is -2.44. The van der Waals surface area contributed by atoms with E-state index in [1.807, 2.05) is 19.2 Å². The van der Waals surface area contributed by atoms with E-state index in [0.717, 1.165) is 54.7 Å². The molecule has 2 aliphatic rings. The number of nitrogens with zero attached hydrogens (tertiary/aromatic N) is 5. The average molecular weight is 481 g/mol. The van der Waals surface area contributed by atoms with Crippen LogP contribution in [0.3, 0.4) is 0 Å². The molecule has 0 spiro atoms. The van der Waals surface area contributed by atoms with Gasteiger partial charge in [0.1, 0.15) is 11.6 Å². The summed E-state index contributed by atoms with van der Waals surface area (Å²) in [6, 6.07) is 5.29. The minimum atomic E-state index is -0.411. The summed E-state index contributed by atoms with van der Waals surface area (Å²) in [6.07, 6.45) is 4.71. The van der Waals surface area contributed by atoms with Gasteiger partial charge in [-0.1, -0.05) is 25.5 Å². The van der Waals surface area contributed by atoms with E-state index in [-0.39, 0.29) is 11.8 Å². The second-order valence-corrected chi connectivity index (χ2v) is 10.3. The number of piperazine rings is 1. The number of benzene rings is 1. The van der Waals surface area contributed by atoms with Crippen LogP contribution in [0, 0.1) is 5.82 Å². The van der Waals surface area contributed by atoms with E-state index in [9.17, 15) is 4.39 Å². The van der Waals surface area contributed by atoms with Crippen LogP contribution in [0.1, 0.15) is 42.7 Å². The van der Waals surface area contributed by atoms with Gasteiger partial charge in [0.2, 0.25) is 0 Å². The molecule has 0 atom stereocenters. The molecule has 178 valence electrons. The largest absolute Gasteiger partial charge is 0.421 e. The molecule has 0 bridgehead atoms. The molecule has 0 saturated carbocycles. The molecule has 3 aromatic rings. The molecule has 0 radical (unpaired) electrons. The first kappa shape index (κ1) is 22.7. The van der Waals surface area contributed by atoms with Crippen LogP contribution in [-0.2, 0) is 6.42 Å². The van der Waals surface area contributed by atoms with E-state index in [0.29, 0.717) is 11.7 Å². The van der Waals surface area contributed by atoms with Gasteiger partial charge >= 0.3 is 6.01 Å². The van der Waals surface area contributed by atoms with Crippen molar-refractivity contribution in [2.75, 3.05) is 43.4 Å². The van der Waals surface area contributed by atoms with Crippen LogP contribution in [0.25, 0.3) is 6.08 Å². The smallest absolute Gasteiger partial charge is 0.326 e. The monoisotopic (exact) mass is 480 g/mol. The third-order valence-corrected chi connectivity index (χ3v) is 7.33. The summed E-state index contributed by atoms with van der Waals surface area (Å²) < 4.78 is 20.8. The van der Waals surface area contributed by atoms with Crippen molar-refractivity contribution in [1.29, 1.82) is 0 Å². The Morgan fingerprint density at radius 2 is 1.91 bits per heavy atom. The molecule has 0 unspecified atom stereocenters. The van der Waals surface area contributed by atoms with E-state index in [1.165, 1.54) is 10.5 Å². The number of hydrogen-bond acceptors (Lipinski definition) is 8. The molecule has 0 amide bonds. The number of fused-ring (bicyclic) bond motifs is 1. The van der Waals surface area contributed by atoms with Crippen molar-refractivity contribution in [3.05, 3.63) is 51.8 Å². The number of hydrogen-bond donors (Lipinski definition) is 1. The minimum absolute atomic E-state index is 0.108. The van der Waals surface area contributed by atoms with Crippen molar-refractivity contribution in [2.45, 2.75) is 33.1 Å². The minimum Gasteiger partial charge on any atom is -0.421 e. The first-order valence-electron chi connectivity index (χ1n) is 11.6. The van der Waals surface area contributed by atoms with E-state index in [2.05, 4.69) is 57.0 Å². The average Bonchev–Trinajstić information content (AvgIpc) is 3.40. The Bertz CT molecular complexity index is 1230. The summed E-state index contributed by atoms with van der Waals surface area (Å²) in [7, 11) is 2.11. The lowest BCUT2D eigenvalue weighted by molar-refractivity contribution is 0.311. The molecular weight excluding hydrogens is 451 g/mol. The topological polar surface area (TPSA) is 66.4 Å². The van der Waals surface area contributed by atoms with Gasteiger partial charge in [-0.05, 0) is 49.6 Å². The van der Waals surface area contributed by atoms with Crippen LogP contribution in [-0.4, -0.2) is 53.1 Å². The van der Waals surface area contributed by atoms with Gasteiger partial charge in [0.15, 0.2) is 16.7 Å². The Kier molecular flexibility index (Phi) is 6.22. The Hall–Kier alpha value is -3.04. The fourth-order valence-corrected chi connectivity index (χ4v) is 4.96. The van der Waals surface area contributed by atoms with Crippen LogP contribution >= 0.6 is 11.3 Å². The second-order valence-electron chi connectivity index (χ2n) is 9.28. The SMILES string of the molecule is CC1=Cc2cc(Oc3nc(Nc4ncc(C(C)C)s4)cc(N4CCN(C)CC4)n3)c(F)cc2C1. The van der Waals surface area contributed by atoms with Gasteiger partial charge in [0.05, 0.1) is 0 Å². The fraction of sp³-hybridized carbons (Fsp3) is 0.400. The molecule has 34 heavy (non-hydrogen) atoms. The fourth-order valence-electron chi connectivity index (χ4n) is 4.13. The van der Waals surface area contributed by atoms with Gasteiger partial charge in [0, 0.05) is 43.3 Å². The highest BCUT2D eigenvalue weighted by atomic mass is 32.1. The predicted octanol–water partition coefficient (Wildman–Crippen LogP) is 5.44. The van der Waals surface area contributed by atoms with E-state index < -0.39 is 5.82 Å². The van der Waals surface area contributed by atoms with Crippen LogP contribution < -0.4 is 15.0 Å². The molecule has 5 rings (SSSR count). The van der Waals surface area contributed by atoms with Crippen molar-refractivity contribution in [3.63, 3.8) is 0 Å². The zero-order valence-corrected chi connectivity index (χ0v) is 20.7. The molecule has 1 saturated heterocycles. The van der Waals surface area contributed by atoms with Gasteiger partial charge < -0.3 is 19.9 Å². The van der Waals surface area contributed by atoms with Crippen LogP contribution in [0.15, 0.2) is 30.0 Å². The summed E-state index contributed by atoms with van der Waals surface area (Å²) in [4.78, 5) is 19.3. The maximum Gasteiger partial charge on any atom is 0.326 e. The van der Waals surface area contributed by atoms with Crippen LogP contribution in [0.5, 0.6) is 11.8 Å². The highest BCUT2D eigenvalue weighted by molar-refractivity contribution is 7.15. The van der Waals surface area contributed by atoms with Crippen molar-refractivity contribution in [2.24, 2.45) is 0 Å². The molecule has 1 fully saturated rings. The Morgan fingerprint density at radius 1 is 1.12 bits per heavy atom. The third kappa shape index (κ3) is 4.90. The Balaban J connectivity index is 1.46. The van der Waals surface area contributed by atoms with Gasteiger partial charge in [-0.25, -0.2) is 9.37 Å². The van der Waals surface area contributed by atoms with Crippen molar-refractivity contribution in [3.8, 4) is 11.8 Å². The highest BCUT2D eigenvalue weighted by Gasteiger charge is 2.20. The lowest BCUT2D eigenvalue weighted by atomic mass is 10.1. The molecule has 1 N–H and O–H groups in total. The number of likely N-dealkylation sites (N-methyl/N-ethyl adjacent to an activating group) is 1. The normalized spacial score (nSPS) is 16.1. The molecule has 2 aromatic heterocycles. The molecule has 1 aromatic carbocycles.